The van der Waals surface area contributed by atoms with Gasteiger partial charge in [-0.2, -0.15) is 0 Å². The summed E-state index contributed by atoms with van der Waals surface area (Å²) in [6.45, 7) is 0. The van der Waals surface area contributed by atoms with E-state index in [1.54, 1.807) is 30.3 Å². The molecule has 0 saturated heterocycles. The Bertz CT molecular complexity index is 872. The third-order valence-corrected chi connectivity index (χ3v) is 5.66. The Labute approximate surface area is 148 Å². The second-order valence-corrected chi connectivity index (χ2v) is 8.29. The van der Waals surface area contributed by atoms with Gasteiger partial charge in [-0.3, -0.25) is 0 Å². The van der Waals surface area contributed by atoms with E-state index in [9.17, 15) is 18.3 Å². The van der Waals surface area contributed by atoms with Crippen molar-refractivity contribution < 1.29 is 18.3 Å². The highest BCUT2D eigenvalue weighted by Crippen LogP contribution is 2.38. The second kappa shape index (κ2) is 6.88. The van der Waals surface area contributed by atoms with Crippen molar-refractivity contribution in [3.05, 3.63) is 59.7 Å². The van der Waals surface area contributed by atoms with Gasteiger partial charge in [-0.05, 0) is 54.7 Å². The first kappa shape index (κ1) is 17.5. The number of benzene rings is 2. The van der Waals surface area contributed by atoms with Gasteiger partial charge in [0.15, 0.2) is 0 Å². The van der Waals surface area contributed by atoms with E-state index in [0.29, 0.717) is 11.4 Å². The lowest BCUT2D eigenvalue weighted by molar-refractivity contribution is 0.0696. The lowest BCUT2D eigenvalue weighted by atomic mass is 9.95. The molecule has 0 amide bonds. The van der Waals surface area contributed by atoms with E-state index in [2.05, 4.69) is 0 Å². The van der Waals surface area contributed by atoms with Gasteiger partial charge in [0.05, 0.1) is 23.2 Å². The summed E-state index contributed by atoms with van der Waals surface area (Å²) >= 11 is 0. The number of para-hydroxylation sites is 1. The van der Waals surface area contributed by atoms with Gasteiger partial charge in [0, 0.05) is 0 Å². The molecule has 0 spiro atoms. The van der Waals surface area contributed by atoms with Crippen LogP contribution in [0.1, 0.15) is 47.5 Å². The minimum absolute atomic E-state index is 0.115. The maximum Gasteiger partial charge on any atom is 0.335 e. The van der Waals surface area contributed by atoms with Crippen LogP contribution >= 0.6 is 0 Å². The van der Waals surface area contributed by atoms with Gasteiger partial charge < -0.3 is 5.11 Å². The van der Waals surface area contributed by atoms with Crippen LogP contribution in [0.5, 0.6) is 0 Å². The summed E-state index contributed by atoms with van der Waals surface area (Å²) in [5.74, 6) is -0.766. The zero-order chi connectivity index (χ0) is 18.0. The van der Waals surface area contributed by atoms with Gasteiger partial charge in [0.1, 0.15) is 0 Å². The Balaban J connectivity index is 2.16. The highest BCUT2D eigenvalue weighted by atomic mass is 32.2. The number of carbonyl (C=O) groups is 1. The molecule has 25 heavy (non-hydrogen) atoms. The van der Waals surface area contributed by atoms with E-state index in [4.69, 9.17) is 0 Å². The molecule has 1 saturated carbocycles. The molecule has 3 rings (SSSR count). The Morgan fingerprint density at radius 1 is 1.04 bits per heavy atom. The smallest absolute Gasteiger partial charge is 0.335 e. The van der Waals surface area contributed by atoms with Gasteiger partial charge in [-0.25, -0.2) is 17.5 Å². The Morgan fingerprint density at radius 3 is 2.24 bits per heavy atom. The molecule has 0 heterocycles. The number of hydrogen-bond donors (Lipinski definition) is 1. The molecule has 1 aliphatic rings. The first-order valence-corrected chi connectivity index (χ1v) is 10.1. The summed E-state index contributed by atoms with van der Waals surface area (Å²) < 4.78 is 26.1. The number of hydrogen-bond acceptors (Lipinski definition) is 3. The Morgan fingerprint density at radius 2 is 1.68 bits per heavy atom. The maximum absolute atomic E-state index is 12.4. The summed E-state index contributed by atoms with van der Waals surface area (Å²) in [4.78, 5) is 11.6. The fraction of sp³-hybridized carbons (Fsp3) is 0.316. The molecular formula is C19H21NO4S. The molecule has 2 aromatic rings. The summed E-state index contributed by atoms with van der Waals surface area (Å²) in [5, 5.41) is 9.46. The number of aromatic carboxylic acids is 1. The van der Waals surface area contributed by atoms with Crippen LogP contribution in [0.15, 0.2) is 48.5 Å². The third-order valence-electron chi connectivity index (χ3n) is 4.57. The topological polar surface area (TPSA) is 74.7 Å². The van der Waals surface area contributed by atoms with Crippen molar-refractivity contribution >= 4 is 27.4 Å². The van der Waals surface area contributed by atoms with Crippen molar-refractivity contribution in [3.8, 4) is 0 Å². The molecule has 0 unspecified atom stereocenters. The minimum Gasteiger partial charge on any atom is -0.478 e. The van der Waals surface area contributed by atoms with Crippen molar-refractivity contribution in [2.24, 2.45) is 0 Å². The summed E-state index contributed by atoms with van der Waals surface area (Å²) in [5.41, 5.74) is 1.88. The predicted molar refractivity (Wildman–Crippen MR) is 98.0 cm³/mol. The van der Waals surface area contributed by atoms with E-state index in [0.717, 1.165) is 37.5 Å². The quantitative estimate of drug-likeness (QED) is 0.870. The SMILES string of the molecule is CS(=O)(=O)N(c1ccccc1)c1cc(C(=O)O)cc(C2CCCC2)c1. The normalized spacial score (nSPS) is 15.2. The predicted octanol–water partition coefficient (Wildman–Crippen LogP) is 4.14. The van der Waals surface area contributed by atoms with E-state index >= 15 is 0 Å². The molecule has 1 aliphatic carbocycles. The molecule has 1 fully saturated rings. The molecule has 0 aromatic heterocycles. The van der Waals surface area contributed by atoms with Gasteiger partial charge in [0.25, 0.3) is 0 Å². The van der Waals surface area contributed by atoms with Gasteiger partial charge in [-0.15, -0.1) is 0 Å². The monoisotopic (exact) mass is 359 g/mol. The van der Waals surface area contributed by atoms with Crippen LogP contribution in [0, 0.1) is 0 Å². The highest BCUT2D eigenvalue weighted by molar-refractivity contribution is 7.92. The average molecular weight is 359 g/mol. The Kier molecular flexibility index (Phi) is 4.81. The molecule has 6 heteroatoms. The fourth-order valence-electron chi connectivity index (χ4n) is 3.47. The molecule has 0 radical (unpaired) electrons. The molecule has 5 nitrogen and oxygen atoms in total. The van der Waals surface area contributed by atoms with Gasteiger partial charge >= 0.3 is 5.97 Å². The second-order valence-electron chi connectivity index (χ2n) is 6.46. The third kappa shape index (κ3) is 3.85. The molecule has 132 valence electrons. The highest BCUT2D eigenvalue weighted by Gasteiger charge is 2.24. The van der Waals surface area contributed by atoms with Crippen LogP contribution in [0.25, 0.3) is 0 Å². The molecule has 2 aromatic carbocycles. The number of sulfonamides is 1. The largest absolute Gasteiger partial charge is 0.478 e. The van der Waals surface area contributed by atoms with Crippen LogP contribution in [0.3, 0.4) is 0 Å². The first-order chi connectivity index (χ1) is 11.9. The van der Waals surface area contributed by atoms with Gasteiger partial charge in [0.2, 0.25) is 10.0 Å². The van der Waals surface area contributed by atoms with Crippen LogP contribution in [0.2, 0.25) is 0 Å². The zero-order valence-corrected chi connectivity index (χ0v) is 14.9. The van der Waals surface area contributed by atoms with E-state index in [-0.39, 0.29) is 11.5 Å². The van der Waals surface area contributed by atoms with E-state index in [1.807, 2.05) is 12.1 Å². The van der Waals surface area contributed by atoms with Crippen molar-refractivity contribution in [3.63, 3.8) is 0 Å². The summed E-state index contributed by atoms with van der Waals surface area (Å²) in [6.07, 6.45) is 5.37. The summed E-state index contributed by atoms with van der Waals surface area (Å²) in [6, 6.07) is 13.6. The van der Waals surface area contributed by atoms with Crippen molar-refractivity contribution in [2.75, 3.05) is 10.6 Å². The Hall–Kier alpha value is -2.34. The van der Waals surface area contributed by atoms with E-state index < -0.39 is 16.0 Å². The standard InChI is InChI=1S/C19H21NO4S/c1-25(23,24)20(17-9-3-2-4-10-17)18-12-15(14-7-5-6-8-14)11-16(13-18)19(21)22/h2-4,9-14H,5-8H2,1H3,(H,21,22). The first-order valence-electron chi connectivity index (χ1n) is 8.30. The lowest BCUT2D eigenvalue weighted by Crippen LogP contribution is -2.25. The molecule has 0 aliphatic heterocycles. The van der Waals surface area contributed by atoms with Crippen LogP contribution in [0.4, 0.5) is 11.4 Å². The number of carboxylic acids is 1. The minimum atomic E-state index is -3.61. The average Bonchev–Trinajstić information content (AvgIpc) is 3.09. The number of anilines is 2. The molecule has 0 bridgehead atoms. The summed E-state index contributed by atoms with van der Waals surface area (Å²) in [7, 11) is -3.61. The molecular weight excluding hydrogens is 338 g/mol. The lowest BCUT2D eigenvalue weighted by Gasteiger charge is -2.24. The fourth-order valence-corrected chi connectivity index (χ4v) is 4.46. The van der Waals surface area contributed by atoms with Crippen molar-refractivity contribution in [1.29, 1.82) is 0 Å². The molecule has 0 atom stereocenters. The number of nitrogens with zero attached hydrogens (tertiary/aromatic N) is 1. The van der Waals surface area contributed by atoms with Crippen LogP contribution in [-0.4, -0.2) is 25.7 Å². The van der Waals surface area contributed by atoms with Crippen LogP contribution in [-0.2, 0) is 10.0 Å². The van der Waals surface area contributed by atoms with Crippen molar-refractivity contribution in [1.82, 2.24) is 0 Å². The zero-order valence-electron chi connectivity index (χ0n) is 14.1. The van der Waals surface area contributed by atoms with E-state index in [1.165, 1.54) is 10.4 Å². The maximum atomic E-state index is 12.4. The molecule has 1 N–H and O–H groups in total. The van der Waals surface area contributed by atoms with Crippen molar-refractivity contribution in [2.45, 2.75) is 31.6 Å². The number of carboxylic acid groups (broad SMARTS) is 1. The van der Waals surface area contributed by atoms with Gasteiger partial charge in [-0.1, -0.05) is 31.0 Å². The number of rotatable bonds is 5. The van der Waals surface area contributed by atoms with Crippen LogP contribution < -0.4 is 4.31 Å².